The lowest BCUT2D eigenvalue weighted by molar-refractivity contribution is 0.0944. The Bertz CT molecular complexity index is 687. The Hall–Kier alpha value is -1.03. The van der Waals surface area contributed by atoms with Gasteiger partial charge >= 0.3 is 0 Å². The summed E-state index contributed by atoms with van der Waals surface area (Å²) in [6.07, 6.45) is 4.65. The highest BCUT2D eigenvalue weighted by atomic mass is 35.5. The molecule has 2 aromatic rings. The van der Waals surface area contributed by atoms with Gasteiger partial charge < -0.3 is 5.32 Å². The van der Waals surface area contributed by atoms with Gasteiger partial charge in [-0.05, 0) is 61.9 Å². The van der Waals surface area contributed by atoms with Gasteiger partial charge in [-0.2, -0.15) is 0 Å². The summed E-state index contributed by atoms with van der Waals surface area (Å²) in [6.45, 7) is 1.93. The maximum absolute atomic E-state index is 12.5. The third-order valence-electron chi connectivity index (χ3n) is 4.00. The summed E-state index contributed by atoms with van der Waals surface area (Å²) in [6, 6.07) is 7.23. The second kappa shape index (κ2) is 6.61. The van der Waals surface area contributed by atoms with Crippen LogP contribution in [0.4, 0.5) is 0 Å². The topological polar surface area (TPSA) is 29.1 Å². The molecule has 1 amide bonds. The molecular formula is C17H17Cl2NOS. The van der Waals surface area contributed by atoms with E-state index < -0.39 is 0 Å². The molecule has 1 heterocycles. The van der Waals surface area contributed by atoms with E-state index in [0.29, 0.717) is 10.0 Å². The number of hydrogen-bond acceptors (Lipinski definition) is 2. The van der Waals surface area contributed by atoms with Crippen molar-refractivity contribution in [1.29, 1.82) is 0 Å². The standard InChI is InChI=1S/C17H17Cl2NOS/c1-10(13-7-6-12(18)9-14(13)19)20-17(21)16-8-11-4-2-3-5-15(11)22-16/h6-10H,2-5H2,1H3,(H,20,21)/t10-/m0/s1. The van der Waals surface area contributed by atoms with Crippen molar-refractivity contribution in [3.05, 3.63) is 55.2 Å². The molecule has 1 aliphatic carbocycles. The Kier molecular flexibility index (Phi) is 4.76. The van der Waals surface area contributed by atoms with Crippen molar-refractivity contribution in [1.82, 2.24) is 5.32 Å². The van der Waals surface area contributed by atoms with Crippen LogP contribution in [0.1, 0.15) is 51.5 Å². The fourth-order valence-electron chi connectivity index (χ4n) is 2.80. The van der Waals surface area contributed by atoms with Gasteiger partial charge in [-0.15, -0.1) is 11.3 Å². The third kappa shape index (κ3) is 3.32. The molecular weight excluding hydrogens is 337 g/mol. The maximum Gasteiger partial charge on any atom is 0.261 e. The zero-order valence-electron chi connectivity index (χ0n) is 12.3. The molecule has 0 saturated heterocycles. The van der Waals surface area contributed by atoms with E-state index in [-0.39, 0.29) is 11.9 Å². The molecule has 1 aromatic carbocycles. The van der Waals surface area contributed by atoms with Crippen LogP contribution in [-0.2, 0) is 12.8 Å². The van der Waals surface area contributed by atoms with Crippen molar-refractivity contribution >= 4 is 40.4 Å². The van der Waals surface area contributed by atoms with Gasteiger partial charge in [0.05, 0.1) is 10.9 Å². The molecule has 0 saturated carbocycles. The molecule has 5 heteroatoms. The van der Waals surface area contributed by atoms with Crippen molar-refractivity contribution in [2.45, 2.75) is 38.6 Å². The van der Waals surface area contributed by atoms with Crippen molar-refractivity contribution in [2.75, 3.05) is 0 Å². The van der Waals surface area contributed by atoms with Crippen LogP contribution >= 0.6 is 34.5 Å². The minimum Gasteiger partial charge on any atom is -0.345 e. The maximum atomic E-state index is 12.5. The SMILES string of the molecule is C[C@H](NC(=O)c1cc2c(s1)CCCC2)c1ccc(Cl)cc1Cl. The normalized spacial score (nSPS) is 15.2. The smallest absolute Gasteiger partial charge is 0.261 e. The van der Waals surface area contributed by atoms with Crippen LogP contribution in [0.25, 0.3) is 0 Å². The highest BCUT2D eigenvalue weighted by Gasteiger charge is 2.19. The molecule has 0 bridgehead atoms. The van der Waals surface area contributed by atoms with Gasteiger partial charge in [0.25, 0.3) is 5.91 Å². The first-order valence-electron chi connectivity index (χ1n) is 7.42. The van der Waals surface area contributed by atoms with Crippen LogP contribution < -0.4 is 5.32 Å². The van der Waals surface area contributed by atoms with E-state index in [1.807, 2.05) is 19.1 Å². The second-order valence-corrected chi connectivity index (χ2v) is 7.61. The Labute approximate surface area is 144 Å². The minimum atomic E-state index is -0.156. The Balaban J connectivity index is 1.74. The van der Waals surface area contributed by atoms with Crippen LogP contribution in [0.2, 0.25) is 10.0 Å². The van der Waals surface area contributed by atoms with E-state index in [4.69, 9.17) is 23.2 Å². The molecule has 1 N–H and O–H groups in total. The number of halogens is 2. The summed E-state index contributed by atoms with van der Waals surface area (Å²) in [7, 11) is 0. The molecule has 22 heavy (non-hydrogen) atoms. The fraction of sp³-hybridized carbons (Fsp3) is 0.353. The van der Waals surface area contributed by atoms with Crippen LogP contribution in [-0.4, -0.2) is 5.91 Å². The average molecular weight is 354 g/mol. The van der Waals surface area contributed by atoms with E-state index in [9.17, 15) is 4.79 Å². The number of carbonyl (C=O) groups excluding carboxylic acids is 1. The second-order valence-electron chi connectivity index (χ2n) is 5.63. The van der Waals surface area contributed by atoms with Gasteiger partial charge in [0.1, 0.15) is 0 Å². The summed E-state index contributed by atoms with van der Waals surface area (Å²) in [4.78, 5) is 14.6. The summed E-state index contributed by atoms with van der Waals surface area (Å²) in [5.41, 5.74) is 2.22. The van der Waals surface area contributed by atoms with E-state index in [1.54, 1.807) is 23.5 Å². The highest BCUT2D eigenvalue weighted by molar-refractivity contribution is 7.14. The van der Waals surface area contributed by atoms with Gasteiger partial charge in [0.2, 0.25) is 0 Å². The zero-order valence-corrected chi connectivity index (χ0v) is 14.6. The molecule has 1 aliphatic rings. The molecule has 0 aliphatic heterocycles. The predicted molar refractivity (Wildman–Crippen MR) is 93.3 cm³/mol. The third-order valence-corrected chi connectivity index (χ3v) is 5.80. The molecule has 1 aromatic heterocycles. The number of rotatable bonds is 3. The number of hydrogen-bond donors (Lipinski definition) is 1. The summed E-state index contributed by atoms with van der Waals surface area (Å²) in [5.74, 6) is -0.0297. The van der Waals surface area contributed by atoms with E-state index in [1.165, 1.54) is 23.3 Å². The van der Waals surface area contributed by atoms with Gasteiger partial charge in [0.15, 0.2) is 0 Å². The number of carbonyl (C=O) groups is 1. The number of thiophene rings is 1. The number of aryl methyl sites for hydroxylation is 2. The summed E-state index contributed by atoms with van der Waals surface area (Å²) >= 11 is 13.7. The van der Waals surface area contributed by atoms with Crippen LogP contribution in [0.15, 0.2) is 24.3 Å². The lowest BCUT2D eigenvalue weighted by Gasteiger charge is -2.15. The molecule has 0 radical (unpaired) electrons. The van der Waals surface area contributed by atoms with E-state index >= 15 is 0 Å². The fourth-order valence-corrected chi connectivity index (χ4v) is 4.53. The number of fused-ring (bicyclic) bond motifs is 1. The van der Waals surface area contributed by atoms with Crippen LogP contribution in [0, 0.1) is 0 Å². The van der Waals surface area contributed by atoms with Gasteiger partial charge in [-0.1, -0.05) is 29.3 Å². The molecule has 3 rings (SSSR count). The van der Waals surface area contributed by atoms with E-state index in [0.717, 1.165) is 23.3 Å². The molecule has 0 fully saturated rings. The highest BCUT2D eigenvalue weighted by Crippen LogP contribution is 2.31. The molecule has 0 unspecified atom stereocenters. The quantitative estimate of drug-likeness (QED) is 0.783. The number of amides is 1. The molecule has 2 nitrogen and oxygen atoms in total. The lowest BCUT2D eigenvalue weighted by Crippen LogP contribution is -2.26. The first-order chi connectivity index (χ1) is 10.5. The number of benzene rings is 1. The first kappa shape index (κ1) is 15.9. The van der Waals surface area contributed by atoms with Crippen molar-refractivity contribution in [3.63, 3.8) is 0 Å². The average Bonchev–Trinajstić information content (AvgIpc) is 2.91. The van der Waals surface area contributed by atoms with Crippen LogP contribution in [0.5, 0.6) is 0 Å². The van der Waals surface area contributed by atoms with Crippen LogP contribution in [0.3, 0.4) is 0 Å². The zero-order chi connectivity index (χ0) is 15.7. The first-order valence-corrected chi connectivity index (χ1v) is 8.99. The van der Waals surface area contributed by atoms with E-state index in [2.05, 4.69) is 5.32 Å². The Morgan fingerprint density at radius 1 is 1.23 bits per heavy atom. The van der Waals surface area contributed by atoms with Crippen molar-refractivity contribution < 1.29 is 4.79 Å². The molecule has 116 valence electrons. The van der Waals surface area contributed by atoms with Crippen molar-refractivity contribution in [2.24, 2.45) is 0 Å². The summed E-state index contributed by atoms with van der Waals surface area (Å²) in [5, 5.41) is 4.20. The van der Waals surface area contributed by atoms with Gasteiger partial charge in [-0.3, -0.25) is 4.79 Å². The van der Waals surface area contributed by atoms with Gasteiger partial charge in [0, 0.05) is 14.9 Å². The van der Waals surface area contributed by atoms with Gasteiger partial charge in [-0.25, -0.2) is 0 Å². The molecule has 1 atom stereocenters. The van der Waals surface area contributed by atoms with Crippen molar-refractivity contribution in [3.8, 4) is 0 Å². The number of nitrogens with one attached hydrogen (secondary N) is 1. The lowest BCUT2D eigenvalue weighted by atomic mass is 9.99. The monoisotopic (exact) mass is 353 g/mol. The summed E-state index contributed by atoms with van der Waals surface area (Å²) < 4.78 is 0. The predicted octanol–water partition coefficient (Wildman–Crippen LogP) is 5.42. The molecule has 0 spiro atoms. The largest absolute Gasteiger partial charge is 0.345 e. The Morgan fingerprint density at radius 3 is 2.73 bits per heavy atom. The Morgan fingerprint density at radius 2 is 2.00 bits per heavy atom. The minimum absolute atomic E-state index is 0.0297.